The van der Waals surface area contributed by atoms with Crippen LogP contribution in [0.5, 0.6) is 5.75 Å². The molecule has 28 heavy (non-hydrogen) atoms. The molecule has 0 fully saturated rings. The monoisotopic (exact) mass is 386 g/mol. The summed E-state index contributed by atoms with van der Waals surface area (Å²) in [5, 5.41) is 12.6. The Morgan fingerprint density at radius 3 is 2.46 bits per heavy atom. The van der Waals surface area contributed by atoms with E-state index < -0.39 is 6.04 Å². The molecule has 1 aromatic heterocycles. The quantitative estimate of drug-likeness (QED) is 0.613. The lowest BCUT2D eigenvalue weighted by molar-refractivity contribution is -0.129. The Kier molecular flexibility index (Phi) is 7.20. The van der Waals surface area contributed by atoms with Crippen molar-refractivity contribution in [3.8, 4) is 5.75 Å². The Labute approximate surface area is 166 Å². The van der Waals surface area contributed by atoms with Crippen molar-refractivity contribution in [2.45, 2.75) is 59.5 Å². The second kappa shape index (κ2) is 9.39. The zero-order valence-electron chi connectivity index (χ0n) is 17.0. The number of aromatic hydroxyl groups is 1. The first kappa shape index (κ1) is 21.5. The third-order valence-corrected chi connectivity index (χ3v) is 5.13. The molecule has 0 aliphatic rings. The normalized spacial score (nSPS) is 13.1. The third-order valence-electron chi connectivity index (χ3n) is 5.13. The number of phenolic OH excluding ortho intramolecular Hbond substituents is 1. The number of imidazole rings is 1. The van der Waals surface area contributed by atoms with Crippen LogP contribution in [0.25, 0.3) is 0 Å². The second-order valence-electron chi connectivity index (χ2n) is 7.46. The lowest BCUT2D eigenvalue weighted by Gasteiger charge is -2.21. The predicted molar refractivity (Wildman–Crippen MR) is 109 cm³/mol. The van der Waals surface area contributed by atoms with Crippen LogP contribution in [0.1, 0.15) is 43.4 Å². The molecule has 2 aromatic rings. The number of aromatic nitrogens is 2. The van der Waals surface area contributed by atoms with Crippen LogP contribution in [0.3, 0.4) is 0 Å². The summed E-state index contributed by atoms with van der Waals surface area (Å²) in [6.07, 6.45) is 5.35. The number of ketones is 1. The first-order valence-electron chi connectivity index (χ1n) is 9.55. The molecular weight excluding hydrogens is 356 g/mol. The van der Waals surface area contributed by atoms with Crippen LogP contribution < -0.4 is 11.1 Å². The van der Waals surface area contributed by atoms with Gasteiger partial charge in [-0.2, -0.15) is 0 Å². The van der Waals surface area contributed by atoms with Crippen LogP contribution >= 0.6 is 0 Å². The van der Waals surface area contributed by atoms with Crippen LogP contribution in [0.15, 0.2) is 24.5 Å². The van der Waals surface area contributed by atoms with E-state index in [0.717, 1.165) is 23.1 Å². The number of nitrogens with one attached hydrogen (secondary N) is 1. The smallest absolute Gasteiger partial charge is 0.223 e. The van der Waals surface area contributed by atoms with E-state index in [-0.39, 0.29) is 23.4 Å². The Morgan fingerprint density at radius 1 is 1.29 bits per heavy atom. The van der Waals surface area contributed by atoms with Crippen molar-refractivity contribution in [3.05, 3.63) is 41.2 Å². The fourth-order valence-corrected chi connectivity index (χ4v) is 3.34. The average molecular weight is 386 g/mol. The molecule has 0 aliphatic heterocycles. The summed E-state index contributed by atoms with van der Waals surface area (Å²) >= 11 is 0. The van der Waals surface area contributed by atoms with Crippen LogP contribution in [-0.4, -0.2) is 32.4 Å². The molecule has 4 N–H and O–H groups in total. The number of Topliss-reactive ketones (excluding diaryl/α,β-unsaturated/α-hetero) is 1. The number of rotatable bonds is 9. The van der Waals surface area contributed by atoms with Gasteiger partial charge in [-0.1, -0.05) is 6.92 Å². The van der Waals surface area contributed by atoms with Crippen molar-refractivity contribution < 1.29 is 14.7 Å². The van der Waals surface area contributed by atoms with E-state index in [1.807, 2.05) is 31.5 Å². The molecule has 0 spiro atoms. The molecular formula is C21H30N4O3. The van der Waals surface area contributed by atoms with Crippen molar-refractivity contribution in [1.82, 2.24) is 14.9 Å². The van der Waals surface area contributed by atoms with Crippen LogP contribution in [0.2, 0.25) is 0 Å². The molecule has 0 saturated heterocycles. The van der Waals surface area contributed by atoms with Crippen LogP contribution in [0, 0.1) is 19.8 Å². The molecule has 2 atom stereocenters. The number of nitrogens with two attached hydrogens (primary N) is 1. The molecule has 1 heterocycles. The molecule has 0 unspecified atom stereocenters. The molecule has 7 heteroatoms. The number of hydrogen-bond donors (Lipinski definition) is 3. The van der Waals surface area contributed by atoms with Gasteiger partial charge in [0.2, 0.25) is 5.91 Å². The summed E-state index contributed by atoms with van der Waals surface area (Å²) in [6.45, 7) is 7.84. The number of carbonyl (C=O) groups excluding carboxylic acids is 2. The second-order valence-corrected chi connectivity index (χ2v) is 7.46. The van der Waals surface area contributed by atoms with Crippen LogP contribution in [0.4, 0.5) is 5.95 Å². The Bertz CT molecular complexity index is 821. The maximum absolute atomic E-state index is 12.6. The minimum Gasteiger partial charge on any atom is -0.508 e. The van der Waals surface area contributed by atoms with Crippen molar-refractivity contribution in [1.29, 1.82) is 0 Å². The minimum atomic E-state index is -0.582. The maximum atomic E-state index is 12.6. The highest BCUT2D eigenvalue weighted by Crippen LogP contribution is 2.22. The average Bonchev–Trinajstić information content (AvgIpc) is 3.01. The summed E-state index contributed by atoms with van der Waals surface area (Å²) in [7, 11) is 0. The van der Waals surface area contributed by atoms with E-state index in [2.05, 4.69) is 10.3 Å². The summed E-state index contributed by atoms with van der Waals surface area (Å²) in [5.74, 6) is 0.239. The van der Waals surface area contributed by atoms with Gasteiger partial charge in [-0.15, -0.1) is 0 Å². The molecule has 0 saturated carbocycles. The highest BCUT2D eigenvalue weighted by molar-refractivity contribution is 5.88. The van der Waals surface area contributed by atoms with Gasteiger partial charge in [0.25, 0.3) is 0 Å². The van der Waals surface area contributed by atoms with Crippen molar-refractivity contribution in [3.63, 3.8) is 0 Å². The number of nitrogen functional groups attached to an aromatic ring is 1. The number of aryl methyl sites for hydroxylation is 3. The number of carbonyl (C=O) groups is 2. The van der Waals surface area contributed by atoms with Gasteiger partial charge in [-0.25, -0.2) is 4.98 Å². The zero-order chi connectivity index (χ0) is 20.8. The molecule has 1 aromatic carbocycles. The van der Waals surface area contributed by atoms with Gasteiger partial charge in [-0.05, 0) is 62.4 Å². The largest absolute Gasteiger partial charge is 0.508 e. The van der Waals surface area contributed by atoms with E-state index in [1.165, 1.54) is 6.92 Å². The van der Waals surface area contributed by atoms with Gasteiger partial charge in [0.15, 0.2) is 11.7 Å². The molecule has 7 nitrogen and oxygen atoms in total. The highest BCUT2D eigenvalue weighted by atomic mass is 16.3. The van der Waals surface area contributed by atoms with Crippen molar-refractivity contribution in [2.24, 2.45) is 5.92 Å². The molecule has 0 bridgehead atoms. The fraction of sp³-hybridized carbons (Fsp3) is 0.476. The van der Waals surface area contributed by atoms with E-state index in [4.69, 9.17) is 5.73 Å². The molecule has 2 rings (SSSR count). The summed E-state index contributed by atoms with van der Waals surface area (Å²) in [4.78, 5) is 28.7. The van der Waals surface area contributed by atoms with Crippen molar-refractivity contribution in [2.75, 3.05) is 5.73 Å². The van der Waals surface area contributed by atoms with E-state index >= 15 is 0 Å². The number of nitrogens with zero attached hydrogens (tertiary/aromatic N) is 2. The first-order chi connectivity index (χ1) is 13.2. The Balaban J connectivity index is 1.94. The molecule has 0 radical (unpaired) electrons. The third kappa shape index (κ3) is 5.58. The SMILES string of the molecule is CC(=O)[C@H](Cc1c(C)cc(O)cc1C)NC(=O)[C@H](C)CCCn1ccnc1N. The molecule has 152 valence electrons. The minimum absolute atomic E-state index is 0.0846. The summed E-state index contributed by atoms with van der Waals surface area (Å²) < 4.78 is 1.85. The number of amides is 1. The standard InChI is InChI=1S/C21H30N4O3/c1-13(6-5-8-25-9-7-23-21(25)22)20(28)24-19(16(4)26)12-18-14(2)10-17(27)11-15(18)3/h7,9-11,13,19,27H,5-6,8,12H2,1-4H3,(H2,22,23)(H,24,28)/t13-,19+/m1/s1. The number of anilines is 1. The first-order valence-corrected chi connectivity index (χ1v) is 9.55. The molecule has 0 aliphatic carbocycles. The van der Waals surface area contributed by atoms with Crippen LogP contribution in [-0.2, 0) is 22.6 Å². The number of phenols is 1. The maximum Gasteiger partial charge on any atom is 0.223 e. The van der Waals surface area contributed by atoms with E-state index in [9.17, 15) is 14.7 Å². The summed E-state index contributed by atoms with van der Waals surface area (Å²) in [5.41, 5.74) is 8.53. The van der Waals surface area contributed by atoms with Gasteiger partial charge >= 0.3 is 0 Å². The van der Waals surface area contributed by atoms with Gasteiger partial charge in [-0.3, -0.25) is 9.59 Å². The lowest BCUT2D eigenvalue weighted by atomic mass is 9.94. The lowest BCUT2D eigenvalue weighted by Crippen LogP contribution is -2.43. The Hall–Kier alpha value is -2.83. The highest BCUT2D eigenvalue weighted by Gasteiger charge is 2.22. The van der Waals surface area contributed by atoms with Gasteiger partial charge in [0.1, 0.15) is 5.75 Å². The van der Waals surface area contributed by atoms with Gasteiger partial charge in [0, 0.05) is 31.3 Å². The predicted octanol–water partition coefficient (Wildman–Crippen LogP) is 2.52. The number of benzene rings is 1. The zero-order valence-corrected chi connectivity index (χ0v) is 17.0. The van der Waals surface area contributed by atoms with Crippen molar-refractivity contribution >= 4 is 17.6 Å². The number of hydrogen-bond acceptors (Lipinski definition) is 5. The van der Waals surface area contributed by atoms with Gasteiger partial charge < -0.3 is 20.7 Å². The topological polar surface area (TPSA) is 110 Å². The molecule has 1 amide bonds. The fourth-order valence-electron chi connectivity index (χ4n) is 3.34. The summed E-state index contributed by atoms with van der Waals surface area (Å²) in [6, 6.07) is 2.76. The van der Waals surface area contributed by atoms with E-state index in [0.29, 0.717) is 25.3 Å². The van der Waals surface area contributed by atoms with Gasteiger partial charge in [0.05, 0.1) is 6.04 Å². The Morgan fingerprint density at radius 2 is 1.93 bits per heavy atom. The van der Waals surface area contributed by atoms with E-state index in [1.54, 1.807) is 18.3 Å².